The molecule has 28 heavy (non-hydrogen) atoms. The van der Waals surface area contributed by atoms with Gasteiger partial charge in [0.1, 0.15) is 11.3 Å². The number of carbonyl (C=O) groups excluding carboxylic acids is 1. The number of methoxy groups -OCH3 is 1. The predicted molar refractivity (Wildman–Crippen MR) is 114 cm³/mol. The van der Waals surface area contributed by atoms with Crippen molar-refractivity contribution in [2.24, 2.45) is 4.99 Å². The third-order valence-electron chi connectivity index (χ3n) is 5.00. The second kappa shape index (κ2) is 7.72. The van der Waals surface area contributed by atoms with Gasteiger partial charge in [0.2, 0.25) is 0 Å². The van der Waals surface area contributed by atoms with Crippen LogP contribution in [0.25, 0.3) is 11.0 Å². The molecule has 2 aromatic carbocycles. The van der Waals surface area contributed by atoms with Gasteiger partial charge in [-0.3, -0.25) is 9.69 Å². The highest BCUT2D eigenvalue weighted by Crippen LogP contribution is 2.33. The lowest BCUT2D eigenvalue weighted by atomic mass is 10.1. The van der Waals surface area contributed by atoms with Crippen LogP contribution >= 0.6 is 11.8 Å². The molecule has 0 unspecified atom stereocenters. The number of amidine groups is 1. The topological polar surface area (TPSA) is 55.0 Å². The van der Waals surface area contributed by atoms with Gasteiger partial charge in [0.25, 0.3) is 5.91 Å². The van der Waals surface area contributed by atoms with Crippen LogP contribution in [0.4, 0.5) is 5.69 Å². The average Bonchev–Trinajstić information content (AvgIpc) is 3.29. The van der Waals surface area contributed by atoms with E-state index in [0.29, 0.717) is 10.9 Å². The van der Waals surface area contributed by atoms with E-state index in [2.05, 4.69) is 6.92 Å². The van der Waals surface area contributed by atoms with E-state index < -0.39 is 0 Å². The molecule has 1 fully saturated rings. The number of benzene rings is 2. The zero-order chi connectivity index (χ0) is 19.7. The van der Waals surface area contributed by atoms with Crippen molar-refractivity contribution in [3.63, 3.8) is 0 Å². The average molecular weight is 394 g/mol. The molecule has 0 N–H and O–H groups in total. The van der Waals surface area contributed by atoms with Crippen molar-refractivity contribution in [2.75, 3.05) is 12.9 Å². The molecule has 1 amide bonds. The summed E-state index contributed by atoms with van der Waals surface area (Å²) in [6, 6.07) is 15.4. The maximum atomic E-state index is 13.4. The number of ether oxygens (including phenoxy) is 1. The van der Waals surface area contributed by atoms with Gasteiger partial charge in [-0.2, -0.15) is 0 Å². The van der Waals surface area contributed by atoms with Gasteiger partial charge in [-0.1, -0.05) is 36.9 Å². The Bertz CT molecular complexity index is 1040. The van der Waals surface area contributed by atoms with E-state index in [1.54, 1.807) is 23.8 Å². The van der Waals surface area contributed by atoms with Crippen molar-refractivity contribution in [3.8, 4) is 5.75 Å². The van der Waals surface area contributed by atoms with E-state index in [4.69, 9.17) is 14.1 Å². The highest BCUT2D eigenvalue weighted by atomic mass is 32.2. The summed E-state index contributed by atoms with van der Waals surface area (Å²) < 4.78 is 11.1. The molecule has 4 rings (SSSR count). The quantitative estimate of drug-likeness (QED) is 0.594. The second-order valence-corrected chi connectivity index (χ2v) is 7.68. The highest BCUT2D eigenvalue weighted by molar-refractivity contribution is 8.14. The fourth-order valence-electron chi connectivity index (χ4n) is 3.37. The van der Waals surface area contributed by atoms with Gasteiger partial charge in [0.15, 0.2) is 10.9 Å². The summed E-state index contributed by atoms with van der Waals surface area (Å²) in [5.41, 5.74) is 2.40. The van der Waals surface area contributed by atoms with Gasteiger partial charge in [-0.25, -0.2) is 4.99 Å². The van der Waals surface area contributed by atoms with Crippen LogP contribution < -0.4 is 4.74 Å². The molecule has 0 bridgehead atoms. The van der Waals surface area contributed by atoms with Crippen LogP contribution in [0, 0.1) is 6.92 Å². The van der Waals surface area contributed by atoms with E-state index in [0.717, 1.165) is 40.1 Å². The number of hydrogen-bond donors (Lipinski definition) is 0. The lowest BCUT2D eigenvalue weighted by Gasteiger charge is -2.22. The SMILES string of the molecule is CC[C@H]1CSC(=Nc2ccc(OC)cc2)N1C(=O)c1oc2ccccc2c1C. The van der Waals surface area contributed by atoms with Crippen molar-refractivity contribution >= 4 is 39.5 Å². The van der Waals surface area contributed by atoms with Crippen LogP contribution in [-0.4, -0.2) is 34.9 Å². The number of para-hydroxylation sites is 1. The molecule has 144 valence electrons. The van der Waals surface area contributed by atoms with E-state index in [1.807, 2.05) is 55.5 Å². The molecule has 5 nitrogen and oxygen atoms in total. The number of amides is 1. The molecule has 1 atom stereocenters. The maximum absolute atomic E-state index is 13.4. The fraction of sp³-hybridized carbons (Fsp3) is 0.273. The van der Waals surface area contributed by atoms with E-state index in [1.165, 1.54) is 0 Å². The number of furan rings is 1. The molecule has 1 aliphatic heterocycles. The predicted octanol–water partition coefficient (Wildman–Crippen LogP) is 5.41. The number of aryl methyl sites for hydroxylation is 1. The molecule has 1 aromatic heterocycles. The first kappa shape index (κ1) is 18.6. The molecule has 0 saturated carbocycles. The van der Waals surface area contributed by atoms with Gasteiger partial charge in [-0.05, 0) is 43.7 Å². The van der Waals surface area contributed by atoms with Crippen LogP contribution in [0.1, 0.15) is 29.5 Å². The molecule has 0 spiro atoms. The number of carbonyl (C=O) groups is 1. The first-order valence-electron chi connectivity index (χ1n) is 9.29. The Morgan fingerprint density at radius 1 is 1.25 bits per heavy atom. The number of aliphatic imine (C=N–C) groups is 1. The largest absolute Gasteiger partial charge is 0.497 e. The van der Waals surface area contributed by atoms with Gasteiger partial charge in [0.05, 0.1) is 12.8 Å². The summed E-state index contributed by atoms with van der Waals surface area (Å²) in [7, 11) is 1.63. The first-order chi connectivity index (χ1) is 13.6. The zero-order valence-electron chi connectivity index (χ0n) is 16.1. The highest BCUT2D eigenvalue weighted by Gasteiger charge is 2.37. The second-order valence-electron chi connectivity index (χ2n) is 6.69. The summed E-state index contributed by atoms with van der Waals surface area (Å²) in [6.45, 7) is 4.02. The van der Waals surface area contributed by atoms with Crippen molar-refractivity contribution in [3.05, 3.63) is 59.9 Å². The fourth-order valence-corrected chi connectivity index (χ4v) is 4.63. The lowest BCUT2D eigenvalue weighted by Crippen LogP contribution is -2.39. The summed E-state index contributed by atoms with van der Waals surface area (Å²) >= 11 is 1.61. The van der Waals surface area contributed by atoms with E-state index >= 15 is 0 Å². The van der Waals surface area contributed by atoms with E-state index in [9.17, 15) is 4.79 Å². The summed E-state index contributed by atoms with van der Waals surface area (Å²) in [4.78, 5) is 19.9. The van der Waals surface area contributed by atoms with Crippen molar-refractivity contribution in [1.29, 1.82) is 0 Å². The van der Waals surface area contributed by atoms with Crippen molar-refractivity contribution in [1.82, 2.24) is 4.90 Å². The van der Waals surface area contributed by atoms with Crippen LogP contribution in [0.2, 0.25) is 0 Å². The summed E-state index contributed by atoms with van der Waals surface area (Å²) in [5.74, 6) is 1.87. The number of fused-ring (bicyclic) bond motifs is 1. The molecular formula is C22H22N2O3S. The molecule has 3 aromatic rings. The minimum Gasteiger partial charge on any atom is -0.497 e. The van der Waals surface area contributed by atoms with E-state index in [-0.39, 0.29) is 11.9 Å². The Morgan fingerprint density at radius 2 is 2.00 bits per heavy atom. The van der Waals surface area contributed by atoms with Gasteiger partial charge < -0.3 is 9.15 Å². The summed E-state index contributed by atoms with van der Waals surface area (Å²) in [5, 5.41) is 1.68. The maximum Gasteiger partial charge on any atom is 0.296 e. The third-order valence-corrected chi connectivity index (χ3v) is 6.10. The monoisotopic (exact) mass is 394 g/mol. The molecule has 2 heterocycles. The van der Waals surface area contributed by atoms with Gasteiger partial charge >= 0.3 is 0 Å². The molecule has 1 aliphatic rings. The molecule has 6 heteroatoms. The van der Waals surface area contributed by atoms with Crippen molar-refractivity contribution < 1.29 is 13.9 Å². The molecular weight excluding hydrogens is 372 g/mol. The van der Waals surface area contributed by atoms with Gasteiger partial charge in [-0.15, -0.1) is 0 Å². The van der Waals surface area contributed by atoms with Crippen molar-refractivity contribution in [2.45, 2.75) is 26.3 Å². The Morgan fingerprint density at radius 3 is 2.68 bits per heavy atom. The normalized spacial score (nSPS) is 18.2. The zero-order valence-corrected chi connectivity index (χ0v) is 17.0. The summed E-state index contributed by atoms with van der Waals surface area (Å²) in [6.07, 6.45) is 0.861. The number of hydrogen-bond acceptors (Lipinski definition) is 5. The van der Waals surface area contributed by atoms with Gasteiger partial charge in [0, 0.05) is 22.7 Å². The van der Waals surface area contributed by atoms with Crippen LogP contribution in [-0.2, 0) is 0 Å². The standard InChI is InChI=1S/C22H22N2O3S/c1-4-16-13-28-22(23-15-9-11-17(26-3)12-10-15)24(16)21(25)20-14(2)18-7-5-6-8-19(18)27-20/h5-12,16H,4,13H2,1-3H3/t16-/m0/s1. The lowest BCUT2D eigenvalue weighted by molar-refractivity contribution is 0.0790. The smallest absolute Gasteiger partial charge is 0.296 e. The molecule has 0 radical (unpaired) electrons. The molecule has 1 saturated heterocycles. The Balaban J connectivity index is 1.71. The Labute approximate surface area is 168 Å². The van der Waals surface area contributed by atoms with Crippen LogP contribution in [0.3, 0.4) is 0 Å². The third kappa shape index (κ3) is 3.29. The minimum absolute atomic E-state index is 0.0992. The Kier molecular flexibility index (Phi) is 5.13. The van der Waals surface area contributed by atoms with Crippen LogP contribution in [0.5, 0.6) is 5.75 Å². The number of rotatable bonds is 4. The number of nitrogens with zero attached hydrogens (tertiary/aromatic N) is 2. The Hall–Kier alpha value is -2.73. The van der Waals surface area contributed by atoms with Crippen LogP contribution in [0.15, 0.2) is 57.9 Å². The minimum atomic E-state index is -0.127. The first-order valence-corrected chi connectivity index (χ1v) is 10.3. The number of thioether (sulfide) groups is 1. The molecule has 0 aliphatic carbocycles.